The van der Waals surface area contributed by atoms with Gasteiger partial charge in [0.1, 0.15) is 14.1 Å². The fourth-order valence-electron chi connectivity index (χ4n) is 3.11. The van der Waals surface area contributed by atoms with Crippen LogP contribution in [0.5, 0.6) is 0 Å². The quantitative estimate of drug-likeness (QED) is 0.639. The lowest BCUT2D eigenvalue weighted by molar-refractivity contribution is -0.685. The van der Waals surface area contributed by atoms with Gasteiger partial charge in [-0.05, 0) is 44.0 Å². The molecule has 0 aliphatic heterocycles. The molecule has 2 nitrogen and oxygen atoms in total. The fraction of sp³-hybridized carbons (Fsp3) is 0.238. The van der Waals surface area contributed by atoms with Crippen molar-refractivity contribution in [2.24, 2.45) is 14.1 Å². The molecule has 0 aliphatic carbocycles. The molecule has 0 bridgehead atoms. The molecule has 116 valence electrons. The Morgan fingerprint density at radius 1 is 0.652 bits per heavy atom. The van der Waals surface area contributed by atoms with Gasteiger partial charge in [0.2, 0.25) is 5.69 Å². The molecule has 0 aliphatic rings. The van der Waals surface area contributed by atoms with Gasteiger partial charge in [-0.1, -0.05) is 18.2 Å². The molecule has 3 aromatic rings. The highest BCUT2D eigenvalue weighted by molar-refractivity contribution is 5.62. The van der Waals surface area contributed by atoms with Gasteiger partial charge in [0, 0.05) is 29.3 Å². The highest BCUT2D eigenvalue weighted by Gasteiger charge is 2.23. The summed E-state index contributed by atoms with van der Waals surface area (Å²) in [6.45, 7) is 6.49. The van der Waals surface area contributed by atoms with Crippen LogP contribution in [0.4, 0.5) is 0 Å². The third-order valence-corrected chi connectivity index (χ3v) is 4.66. The normalized spacial score (nSPS) is 10.8. The zero-order valence-electron chi connectivity index (χ0n) is 14.6. The largest absolute Gasteiger partial charge is 0.277 e. The molecule has 1 aromatic carbocycles. The van der Waals surface area contributed by atoms with Gasteiger partial charge in [-0.15, -0.1) is 0 Å². The number of aromatic nitrogens is 2. The summed E-state index contributed by atoms with van der Waals surface area (Å²) in [7, 11) is 4.26. The van der Waals surface area contributed by atoms with Crippen molar-refractivity contribution >= 4 is 0 Å². The minimum Gasteiger partial charge on any atom is -0.196 e. The maximum atomic E-state index is 2.28. The van der Waals surface area contributed by atoms with Crippen LogP contribution >= 0.6 is 0 Å². The SMILES string of the molecule is Cc1cc(-c2cccc(-c3ccccc3C)[n+]2C)[n+](C)cc1C. The Kier molecular flexibility index (Phi) is 3.99. The zero-order valence-corrected chi connectivity index (χ0v) is 14.6. The van der Waals surface area contributed by atoms with Crippen molar-refractivity contribution < 1.29 is 9.13 Å². The smallest absolute Gasteiger partial charge is 0.196 e. The maximum Gasteiger partial charge on any atom is 0.277 e. The molecule has 2 aromatic heterocycles. The first-order chi connectivity index (χ1) is 11.0. The molecule has 3 rings (SSSR count). The van der Waals surface area contributed by atoms with E-state index in [1.807, 2.05) is 0 Å². The van der Waals surface area contributed by atoms with Crippen LogP contribution < -0.4 is 9.13 Å². The Balaban J connectivity index is 2.22. The van der Waals surface area contributed by atoms with Gasteiger partial charge in [0.05, 0.1) is 0 Å². The first-order valence-corrected chi connectivity index (χ1v) is 8.01. The summed E-state index contributed by atoms with van der Waals surface area (Å²) >= 11 is 0. The van der Waals surface area contributed by atoms with Crippen molar-refractivity contribution in [3.05, 3.63) is 71.4 Å². The number of pyridine rings is 2. The Morgan fingerprint density at radius 2 is 1.35 bits per heavy atom. The monoisotopic (exact) mass is 304 g/mol. The molecule has 0 N–H and O–H groups in total. The van der Waals surface area contributed by atoms with Crippen molar-refractivity contribution in [3.63, 3.8) is 0 Å². The number of hydrogen-bond acceptors (Lipinski definition) is 0. The summed E-state index contributed by atoms with van der Waals surface area (Å²) in [5, 5.41) is 0. The second-order valence-electron chi connectivity index (χ2n) is 6.31. The Labute approximate surface area is 138 Å². The van der Waals surface area contributed by atoms with Crippen molar-refractivity contribution in [2.75, 3.05) is 0 Å². The molecular weight excluding hydrogens is 280 g/mol. The second-order valence-corrected chi connectivity index (χ2v) is 6.31. The van der Waals surface area contributed by atoms with Gasteiger partial charge in [-0.2, -0.15) is 9.13 Å². The predicted molar refractivity (Wildman–Crippen MR) is 93.9 cm³/mol. The average Bonchev–Trinajstić information content (AvgIpc) is 2.52. The maximum absolute atomic E-state index is 2.28. The van der Waals surface area contributed by atoms with Gasteiger partial charge in [-0.25, -0.2) is 0 Å². The minimum atomic E-state index is 1.22. The summed E-state index contributed by atoms with van der Waals surface area (Å²) in [4.78, 5) is 0. The average molecular weight is 304 g/mol. The summed E-state index contributed by atoms with van der Waals surface area (Å²) in [5.74, 6) is 0. The van der Waals surface area contributed by atoms with Crippen LogP contribution in [-0.4, -0.2) is 0 Å². The van der Waals surface area contributed by atoms with Crippen molar-refractivity contribution in [3.8, 4) is 22.6 Å². The molecule has 0 spiro atoms. The molecule has 0 unspecified atom stereocenters. The van der Waals surface area contributed by atoms with E-state index in [0.717, 1.165) is 0 Å². The van der Waals surface area contributed by atoms with Crippen LogP contribution in [0.3, 0.4) is 0 Å². The molecule has 0 saturated carbocycles. The molecule has 2 heterocycles. The van der Waals surface area contributed by atoms with Crippen LogP contribution in [0, 0.1) is 20.8 Å². The van der Waals surface area contributed by atoms with Crippen molar-refractivity contribution in [1.29, 1.82) is 0 Å². The van der Waals surface area contributed by atoms with E-state index < -0.39 is 0 Å². The summed E-state index contributed by atoms with van der Waals surface area (Å²) in [5.41, 5.74) is 8.89. The van der Waals surface area contributed by atoms with Gasteiger partial charge in [0.15, 0.2) is 6.20 Å². The zero-order chi connectivity index (χ0) is 16.6. The van der Waals surface area contributed by atoms with Crippen LogP contribution in [0.15, 0.2) is 54.7 Å². The highest BCUT2D eigenvalue weighted by Crippen LogP contribution is 2.22. The third kappa shape index (κ3) is 2.77. The van der Waals surface area contributed by atoms with Gasteiger partial charge < -0.3 is 0 Å². The Morgan fingerprint density at radius 3 is 2.09 bits per heavy atom. The Bertz CT molecular complexity index is 879. The summed E-state index contributed by atoms with van der Waals surface area (Å²) in [6, 6.07) is 17.3. The van der Waals surface area contributed by atoms with Crippen LogP contribution in [-0.2, 0) is 14.1 Å². The van der Waals surface area contributed by atoms with E-state index in [2.05, 4.69) is 98.7 Å². The first-order valence-electron chi connectivity index (χ1n) is 8.01. The molecular formula is C21H24N2+2. The van der Waals surface area contributed by atoms with Crippen molar-refractivity contribution in [2.45, 2.75) is 20.8 Å². The number of hydrogen-bond donors (Lipinski definition) is 0. The Hall–Kier alpha value is -2.48. The summed E-state index contributed by atoms with van der Waals surface area (Å²) in [6.07, 6.45) is 2.20. The second kappa shape index (κ2) is 5.96. The lowest BCUT2D eigenvalue weighted by Gasteiger charge is -2.07. The molecule has 23 heavy (non-hydrogen) atoms. The first kappa shape index (κ1) is 15.4. The van der Waals surface area contributed by atoms with Crippen LogP contribution in [0.1, 0.15) is 16.7 Å². The number of rotatable bonds is 2. The molecule has 0 atom stereocenters. The third-order valence-electron chi connectivity index (χ3n) is 4.66. The molecule has 2 heteroatoms. The number of benzene rings is 1. The number of nitrogens with zero attached hydrogens (tertiary/aromatic N) is 2. The topological polar surface area (TPSA) is 7.76 Å². The molecule has 0 radical (unpaired) electrons. The van der Waals surface area contributed by atoms with E-state index in [1.54, 1.807) is 0 Å². The fourth-order valence-corrected chi connectivity index (χ4v) is 3.11. The lowest BCUT2D eigenvalue weighted by Crippen LogP contribution is -2.40. The van der Waals surface area contributed by atoms with E-state index in [9.17, 15) is 0 Å². The van der Waals surface area contributed by atoms with Gasteiger partial charge >= 0.3 is 0 Å². The molecule has 0 fully saturated rings. The molecule has 0 saturated heterocycles. The minimum absolute atomic E-state index is 1.22. The number of aryl methyl sites for hydroxylation is 4. The van der Waals surface area contributed by atoms with Crippen LogP contribution in [0.2, 0.25) is 0 Å². The highest BCUT2D eigenvalue weighted by atomic mass is 15.0. The van der Waals surface area contributed by atoms with Crippen LogP contribution in [0.25, 0.3) is 22.6 Å². The predicted octanol–water partition coefficient (Wildman–Crippen LogP) is 3.59. The van der Waals surface area contributed by atoms with E-state index in [0.29, 0.717) is 0 Å². The van der Waals surface area contributed by atoms with E-state index in [-0.39, 0.29) is 0 Å². The van der Waals surface area contributed by atoms with Gasteiger partial charge in [0.25, 0.3) is 11.4 Å². The standard InChI is InChI=1S/C21H24N2/c1-15-9-6-7-10-18(15)19-11-8-12-20(23(19)5)21-13-16(2)17(3)14-22(21)4/h6-14H,1-5H3/q+2. The van der Waals surface area contributed by atoms with E-state index in [1.165, 1.54) is 39.3 Å². The van der Waals surface area contributed by atoms with Crippen molar-refractivity contribution in [1.82, 2.24) is 0 Å². The van der Waals surface area contributed by atoms with E-state index >= 15 is 0 Å². The molecule has 0 amide bonds. The van der Waals surface area contributed by atoms with E-state index in [4.69, 9.17) is 0 Å². The summed E-state index contributed by atoms with van der Waals surface area (Å²) < 4.78 is 4.49. The lowest BCUT2D eigenvalue weighted by atomic mass is 10.0. The van der Waals surface area contributed by atoms with Gasteiger partial charge in [-0.3, -0.25) is 0 Å².